The molecule has 0 aromatic carbocycles. The second kappa shape index (κ2) is 6.98. The summed E-state index contributed by atoms with van der Waals surface area (Å²) in [6, 6.07) is 3.81. The van der Waals surface area contributed by atoms with Crippen LogP contribution in [0.1, 0.15) is 53.6 Å². The predicted octanol–water partition coefficient (Wildman–Crippen LogP) is 0.879. The van der Waals surface area contributed by atoms with Crippen molar-refractivity contribution in [2.75, 3.05) is 20.6 Å². The molecule has 0 bridgehead atoms. The molecule has 0 spiro atoms. The number of aliphatic hydroxyl groups excluding tert-OH is 1. The van der Waals surface area contributed by atoms with E-state index in [1.165, 1.54) is 0 Å². The average Bonchev–Trinajstić information content (AvgIpc) is 3.10. The van der Waals surface area contributed by atoms with Crippen LogP contribution < -0.4 is 5.56 Å². The molecule has 2 aliphatic heterocycles. The maximum Gasteiger partial charge on any atom is 0.343 e. The van der Waals surface area contributed by atoms with E-state index in [9.17, 15) is 19.8 Å². The lowest BCUT2D eigenvalue weighted by atomic mass is 9.82. The van der Waals surface area contributed by atoms with E-state index in [4.69, 9.17) is 9.72 Å². The van der Waals surface area contributed by atoms with Crippen molar-refractivity contribution in [1.29, 1.82) is 0 Å². The Bertz CT molecular complexity index is 1150. The summed E-state index contributed by atoms with van der Waals surface area (Å²) in [7, 11) is 3.97. The first-order valence-electron chi connectivity index (χ1n) is 10.8. The SMILES string of the molecule is CC[C@@]1(O)C(=O)OCc2c1cc1n(c2=O)Cc2cc3c(nc2-1)CC[C@@H](O)[C@@H]3CN(C)C. The summed E-state index contributed by atoms with van der Waals surface area (Å²) in [4.78, 5) is 32.5. The van der Waals surface area contributed by atoms with Crippen LogP contribution in [0, 0.1) is 0 Å². The van der Waals surface area contributed by atoms with E-state index in [0.29, 0.717) is 36.2 Å². The Kier molecular flexibility index (Phi) is 4.58. The Morgan fingerprint density at radius 3 is 2.81 bits per heavy atom. The molecular weight excluding hydrogens is 398 g/mol. The summed E-state index contributed by atoms with van der Waals surface area (Å²) in [6.45, 7) is 2.66. The molecule has 2 aromatic rings. The lowest BCUT2D eigenvalue weighted by Gasteiger charge is -2.32. The van der Waals surface area contributed by atoms with Gasteiger partial charge in [0.2, 0.25) is 0 Å². The number of fused-ring (bicyclic) bond motifs is 5. The van der Waals surface area contributed by atoms with Crippen LogP contribution in [0.15, 0.2) is 16.9 Å². The number of aromatic nitrogens is 2. The van der Waals surface area contributed by atoms with Gasteiger partial charge in [-0.05, 0) is 51.1 Å². The average molecular weight is 425 g/mol. The van der Waals surface area contributed by atoms with Gasteiger partial charge in [0.05, 0.1) is 29.6 Å². The van der Waals surface area contributed by atoms with Crippen LogP contribution in [0.4, 0.5) is 0 Å². The molecule has 164 valence electrons. The molecule has 31 heavy (non-hydrogen) atoms. The fourth-order valence-electron chi connectivity index (χ4n) is 5.20. The molecular formula is C23H27N3O5. The first kappa shape index (κ1) is 20.4. The molecule has 0 saturated heterocycles. The molecule has 0 saturated carbocycles. The van der Waals surface area contributed by atoms with Gasteiger partial charge in [-0.1, -0.05) is 6.92 Å². The number of aliphatic hydroxyl groups is 2. The van der Waals surface area contributed by atoms with Gasteiger partial charge in [-0.25, -0.2) is 4.79 Å². The van der Waals surface area contributed by atoms with Gasteiger partial charge in [0.1, 0.15) is 6.61 Å². The van der Waals surface area contributed by atoms with Crippen molar-refractivity contribution in [1.82, 2.24) is 14.5 Å². The molecule has 3 aliphatic rings. The molecule has 4 heterocycles. The molecule has 0 radical (unpaired) electrons. The quantitative estimate of drug-likeness (QED) is 0.600. The van der Waals surface area contributed by atoms with Crippen molar-refractivity contribution in [2.45, 2.75) is 57.0 Å². The van der Waals surface area contributed by atoms with E-state index < -0.39 is 17.7 Å². The van der Waals surface area contributed by atoms with Gasteiger partial charge in [-0.15, -0.1) is 0 Å². The van der Waals surface area contributed by atoms with Crippen LogP contribution >= 0.6 is 0 Å². The zero-order valence-corrected chi connectivity index (χ0v) is 18.0. The van der Waals surface area contributed by atoms with E-state index >= 15 is 0 Å². The highest BCUT2D eigenvalue weighted by Crippen LogP contribution is 2.40. The summed E-state index contributed by atoms with van der Waals surface area (Å²) >= 11 is 0. The van der Waals surface area contributed by atoms with E-state index in [1.807, 2.05) is 14.1 Å². The number of pyridine rings is 2. The lowest BCUT2D eigenvalue weighted by Crippen LogP contribution is -2.44. The first-order chi connectivity index (χ1) is 14.7. The van der Waals surface area contributed by atoms with E-state index in [1.54, 1.807) is 17.6 Å². The van der Waals surface area contributed by atoms with Crippen molar-refractivity contribution in [3.8, 4) is 11.4 Å². The number of nitrogens with zero attached hydrogens (tertiary/aromatic N) is 3. The molecule has 8 heteroatoms. The van der Waals surface area contributed by atoms with Gasteiger partial charge < -0.3 is 24.4 Å². The maximum absolute atomic E-state index is 13.3. The third-order valence-corrected chi connectivity index (χ3v) is 6.93. The van der Waals surface area contributed by atoms with Gasteiger partial charge in [-0.2, -0.15) is 0 Å². The third-order valence-electron chi connectivity index (χ3n) is 6.93. The van der Waals surface area contributed by atoms with Gasteiger partial charge in [0.15, 0.2) is 5.60 Å². The topological polar surface area (TPSA) is 105 Å². The molecule has 3 atom stereocenters. The van der Waals surface area contributed by atoms with Crippen LogP contribution in [0.2, 0.25) is 0 Å². The fraction of sp³-hybridized carbons (Fsp3) is 0.522. The molecule has 2 N–H and O–H groups in total. The minimum absolute atomic E-state index is 0.0265. The molecule has 2 aromatic heterocycles. The van der Waals surface area contributed by atoms with E-state index in [-0.39, 0.29) is 24.5 Å². The first-order valence-corrected chi connectivity index (χ1v) is 10.8. The van der Waals surface area contributed by atoms with Gasteiger partial charge in [0.25, 0.3) is 5.56 Å². The Labute approximate surface area is 180 Å². The highest BCUT2D eigenvalue weighted by molar-refractivity contribution is 5.84. The van der Waals surface area contributed by atoms with Gasteiger partial charge in [-0.3, -0.25) is 9.78 Å². The summed E-state index contributed by atoms with van der Waals surface area (Å²) in [6.07, 6.45) is 1.02. The maximum atomic E-state index is 13.3. The number of esters is 1. The number of carbonyl (C=O) groups is 1. The zero-order valence-electron chi connectivity index (χ0n) is 18.0. The van der Waals surface area contributed by atoms with Crippen molar-refractivity contribution < 1.29 is 19.7 Å². The smallest absolute Gasteiger partial charge is 0.343 e. The number of rotatable bonds is 3. The summed E-state index contributed by atoms with van der Waals surface area (Å²) in [5, 5.41) is 21.6. The molecule has 0 amide bonds. The minimum atomic E-state index is -1.82. The normalized spacial score (nSPS) is 26.2. The fourth-order valence-corrected chi connectivity index (χ4v) is 5.20. The summed E-state index contributed by atoms with van der Waals surface area (Å²) < 4.78 is 6.77. The van der Waals surface area contributed by atoms with Crippen LogP contribution in [0.25, 0.3) is 11.4 Å². The lowest BCUT2D eigenvalue weighted by molar-refractivity contribution is -0.172. The number of hydrogen-bond donors (Lipinski definition) is 2. The van der Waals surface area contributed by atoms with Crippen molar-refractivity contribution in [3.05, 3.63) is 50.4 Å². The molecule has 0 fully saturated rings. The second-order valence-corrected chi connectivity index (χ2v) is 9.11. The molecule has 0 unspecified atom stereocenters. The summed E-state index contributed by atoms with van der Waals surface area (Å²) in [5.74, 6) is -0.745. The van der Waals surface area contributed by atoms with Crippen molar-refractivity contribution >= 4 is 5.97 Å². The largest absolute Gasteiger partial charge is 0.458 e. The Balaban J connectivity index is 1.67. The van der Waals surface area contributed by atoms with Gasteiger partial charge in [0, 0.05) is 29.3 Å². The van der Waals surface area contributed by atoms with Crippen LogP contribution in [-0.2, 0) is 34.7 Å². The molecule has 5 rings (SSSR count). The number of ether oxygens (including phenoxy) is 1. The Morgan fingerprint density at radius 2 is 2.10 bits per heavy atom. The second-order valence-electron chi connectivity index (χ2n) is 9.11. The van der Waals surface area contributed by atoms with Crippen molar-refractivity contribution in [3.63, 3.8) is 0 Å². The predicted molar refractivity (Wildman–Crippen MR) is 113 cm³/mol. The third kappa shape index (κ3) is 2.89. The van der Waals surface area contributed by atoms with E-state index in [2.05, 4.69) is 11.0 Å². The number of hydrogen-bond acceptors (Lipinski definition) is 7. The van der Waals surface area contributed by atoms with Crippen LogP contribution in [-0.4, -0.2) is 57.4 Å². The molecule has 8 nitrogen and oxygen atoms in total. The highest BCUT2D eigenvalue weighted by Gasteiger charge is 2.45. The van der Waals surface area contributed by atoms with Crippen molar-refractivity contribution in [2.24, 2.45) is 0 Å². The zero-order chi connectivity index (χ0) is 22.1. The Hall–Kier alpha value is -2.55. The summed E-state index contributed by atoms with van der Waals surface area (Å²) in [5.41, 5.74) is 2.83. The van der Waals surface area contributed by atoms with E-state index in [0.717, 1.165) is 29.1 Å². The van der Waals surface area contributed by atoms with Crippen LogP contribution in [0.3, 0.4) is 0 Å². The standard InChI is InChI=1S/C23H27N3O5/c1-4-23(30)16-8-18-20-12(9-26(18)21(28)15(16)11-31-22(23)29)7-13-14(10-25(2)3)19(27)6-5-17(13)24-20/h7-8,14,19,27,30H,4-6,9-11H2,1-3H3/t14-,19-,23+/m1/s1. The Morgan fingerprint density at radius 1 is 1.32 bits per heavy atom. The minimum Gasteiger partial charge on any atom is -0.458 e. The highest BCUT2D eigenvalue weighted by atomic mass is 16.6. The van der Waals surface area contributed by atoms with Crippen LogP contribution in [0.5, 0.6) is 0 Å². The monoisotopic (exact) mass is 425 g/mol. The molecule has 1 aliphatic carbocycles. The number of cyclic esters (lactones) is 1. The number of likely N-dealkylation sites (N-methyl/N-ethyl adjacent to an activating group) is 1. The number of carbonyl (C=O) groups excluding carboxylic acids is 1. The van der Waals surface area contributed by atoms with Gasteiger partial charge >= 0.3 is 5.97 Å². The number of aryl methyl sites for hydroxylation is 1.